The molecule has 4 nitrogen and oxygen atoms in total. The van der Waals surface area contributed by atoms with Gasteiger partial charge in [0, 0.05) is 12.1 Å². The fraction of sp³-hybridized carbons (Fsp3) is 0.625. The van der Waals surface area contributed by atoms with Crippen molar-refractivity contribution in [3.63, 3.8) is 0 Å². The lowest BCUT2D eigenvalue weighted by Crippen LogP contribution is -2.50. The van der Waals surface area contributed by atoms with Crippen LogP contribution < -0.4 is 4.72 Å². The number of nitrogens with one attached hydrogen (secondary N) is 1. The molecule has 2 rings (SSSR count). The van der Waals surface area contributed by atoms with Crippen LogP contribution in [0.25, 0.3) is 0 Å². The predicted octanol–water partition coefficient (Wildman–Crippen LogP) is 2.02. The Morgan fingerprint density at radius 2 is 1.76 bits per heavy atom. The van der Waals surface area contributed by atoms with Crippen LogP contribution >= 0.6 is 0 Å². The smallest absolute Gasteiger partial charge is 0.211 e. The Morgan fingerprint density at radius 1 is 1.14 bits per heavy atom. The highest BCUT2D eigenvalue weighted by Crippen LogP contribution is 2.20. The maximum atomic E-state index is 12.1. The Bertz CT molecular complexity index is 535. The summed E-state index contributed by atoms with van der Waals surface area (Å²) in [5.74, 6) is 0.146. The summed E-state index contributed by atoms with van der Waals surface area (Å²) in [4.78, 5) is 2.37. The first-order valence-corrected chi connectivity index (χ1v) is 9.31. The summed E-state index contributed by atoms with van der Waals surface area (Å²) in [7, 11) is -3.22. The molecular weight excluding hydrogens is 284 g/mol. The predicted molar refractivity (Wildman–Crippen MR) is 86.8 cm³/mol. The van der Waals surface area contributed by atoms with Crippen LogP contribution in [0.15, 0.2) is 30.3 Å². The van der Waals surface area contributed by atoms with Gasteiger partial charge >= 0.3 is 0 Å². The lowest BCUT2D eigenvalue weighted by atomic mass is 10.0. The van der Waals surface area contributed by atoms with Crippen LogP contribution in [0.5, 0.6) is 0 Å². The third-order valence-corrected chi connectivity index (χ3v) is 5.51. The highest BCUT2D eigenvalue weighted by molar-refractivity contribution is 7.89. The van der Waals surface area contributed by atoms with Gasteiger partial charge in [0.15, 0.2) is 0 Å². The largest absolute Gasteiger partial charge is 0.297 e. The molecule has 0 aromatic heterocycles. The molecule has 0 atom stereocenters. The van der Waals surface area contributed by atoms with Gasteiger partial charge in [0.25, 0.3) is 0 Å². The van der Waals surface area contributed by atoms with Crippen LogP contribution in [0, 0.1) is 0 Å². The molecule has 1 aliphatic rings. The van der Waals surface area contributed by atoms with E-state index in [1.165, 1.54) is 12.8 Å². The summed E-state index contributed by atoms with van der Waals surface area (Å²) in [5, 5.41) is 0. The summed E-state index contributed by atoms with van der Waals surface area (Å²) < 4.78 is 27.0. The van der Waals surface area contributed by atoms with E-state index in [9.17, 15) is 8.42 Å². The van der Waals surface area contributed by atoms with Gasteiger partial charge in [-0.1, -0.05) is 30.3 Å². The Labute approximate surface area is 128 Å². The zero-order valence-electron chi connectivity index (χ0n) is 13.0. The second-order valence-electron chi connectivity index (χ2n) is 6.38. The minimum atomic E-state index is -3.22. The normalized spacial score (nSPS) is 17.2. The molecule has 1 aromatic carbocycles. The van der Waals surface area contributed by atoms with Gasteiger partial charge in [-0.2, -0.15) is 0 Å². The van der Waals surface area contributed by atoms with Crippen LogP contribution in [0.3, 0.4) is 0 Å². The quantitative estimate of drug-likeness (QED) is 0.838. The number of benzene rings is 1. The maximum absolute atomic E-state index is 12.1. The Hall–Kier alpha value is -0.910. The average molecular weight is 310 g/mol. The van der Waals surface area contributed by atoms with Gasteiger partial charge < -0.3 is 0 Å². The van der Waals surface area contributed by atoms with Crippen LogP contribution in [0.1, 0.15) is 32.3 Å². The molecule has 21 heavy (non-hydrogen) atoms. The SMILES string of the molecule is CC(C)(CNS(=O)(=O)CCc1ccccc1)N1CCCC1. The average Bonchev–Trinajstić information content (AvgIpc) is 3.00. The van der Waals surface area contributed by atoms with E-state index in [1.807, 2.05) is 30.3 Å². The minimum Gasteiger partial charge on any atom is -0.297 e. The molecule has 1 saturated heterocycles. The number of likely N-dealkylation sites (tertiary alicyclic amines) is 1. The van der Waals surface area contributed by atoms with Gasteiger partial charge in [-0.05, 0) is 51.8 Å². The fourth-order valence-electron chi connectivity index (χ4n) is 2.69. The number of rotatable bonds is 7. The van der Waals surface area contributed by atoms with Crippen molar-refractivity contribution in [2.24, 2.45) is 0 Å². The standard InChI is InChI=1S/C16H26N2O2S/c1-16(2,18-11-6-7-12-18)14-17-21(19,20)13-10-15-8-4-3-5-9-15/h3-5,8-9,17H,6-7,10-14H2,1-2H3. The first kappa shape index (κ1) is 16.5. The number of nitrogens with zero attached hydrogens (tertiary/aromatic N) is 1. The molecule has 1 aliphatic heterocycles. The van der Waals surface area contributed by atoms with Gasteiger partial charge in [-0.15, -0.1) is 0 Å². The number of aryl methyl sites for hydroxylation is 1. The molecule has 118 valence electrons. The highest BCUT2D eigenvalue weighted by atomic mass is 32.2. The number of hydrogen-bond acceptors (Lipinski definition) is 3. The minimum absolute atomic E-state index is 0.115. The van der Waals surface area contributed by atoms with Crippen molar-refractivity contribution in [1.29, 1.82) is 0 Å². The van der Waals surface area contributed by atoms with E-state index in [0.29, 0.717) is 13.0 Å². The second kappa shape index (κ2) is 6.90. The molecule has 1 aromatic rings. The van der Waals surface area contributed by atoms with Crippen molar-refractivity contribution in [2.45, 2.75) is 38.6 Å². The van der Waals surface area contributed by atoms with Crippen molar-refractivity contribution in [1.82, 2.24) is 9.62 Å². The van der Waals surface area contributed by atoms with Crippen LogP contribution in [-0.4, -0.2) is 44.2 Å². The van der Waals surface area contributed by atoms with E-state index in [2.05, 4.69) is 23.5 Å². The molecule has 5 heteroatoms. The van der Waals surface area contributed by atoms with Crippen LogP contribution in [0.4, 0.5) is 0 Å². The van der Waals surface area contributed by atoms with E-state index in [0.717, 1.165) is 18.7 Å². The maximum Gasteiger partial charge on any atom is 0.211 e. The van der Waals surface area contributed by atoms with Crippen molar-refractivity contribution in [3.05, 3.63) is 35.9 Å². The second-order valence-corrected chi connectivity index (χ2v) is 8.31. The van der Waals surface area contributed by atoms with Crippen LogP contribution in [-0.2, 0) is 16.4 Å². The molecule has 1 heterocycles. The molecule has 0 amide bonds. The van der Waals surface area contributed by atoms with Gasteiger partial charge in [-0.25, -0.2) is 13.1 Å². The summed E-state index contributed by atoms with van der Waals surface area (Å²) in [6.45, 7) is 6.83. The molecular formula is C16H26N2O2S. The molecule has 1 N–H and O–H groups in total. The highest BCUT2D eigenvalue weighted by Gasteiger charge is 2.30. The summed E-state index contributed by atoms with van der Waals surface area (Å²) in [5.41, 5.74) is 0.942. The molecule has 0 unspecified atom stereocenters. The number of hydrogen-bond donors (Lipinski definition) is 1. The van der Waals surface area contributed by atoms with Gasteiger partial charge in [-0.3, -0.25) is 4.90 Å². The molecule has 1 fully saturated rings. The van der Waals surface area contributed by atoms with Crippen molar-refractivity contribution >= 4 is 10.0 Å². The topological polar surface area (TPSA) is 49.4 Å². The van der Waals surface area contributed by atoms with Crippen molar-refractivity contribution < 1.29 is 8.42 Å². The van der Waals surface area contributed by atoms with E-state index in [4.69, 9.17) is 0 Å². The summed E-state index contributed by atoms with van der Waals surface area (Å²) >= 11 is 0. The Balaban J connectivity index is 1.83. The fourth-order valence-corrected chi connectivity index (χ4v) is 3.91. The zero-order chi connectivity index (χ0) is 15.3. The lowest BCUT2D eigenvalue weighted by molar-refractivity contribution is 0.158. The third-order valence-electron chi connectivity index (χ3n) is 4.19. The van der Waals surface area contributed by atoms with Crippen molar-refractivity contribution in [3.8, 4) is 0 Å². The first-order valence-electron chi connectivity index (χ1n) is 7.65. The molecule has 0 radical (unpaired) electrons. The zero-order valence-corrected chi connectivity index (χ0v) is 13.8. The molecule has 0 spiro atoms. The molecule has 0 bridgehead atoms. The van der Waals surface area contributed by atoms with Crippen molar-refractivity contribution in [2.75, 3.05) is 25.4 Å². The van der Waals surface area contributed by atoms with E-state index >= 15 is 0 Å². The van der Waals surface area contributed by atoms with Gasteiger partial charge in [0.05, 0.1) is 5.75 Å². The van der Waals surface area contributed by atoms with E-state index < -0.39 is 10.0 Å². The Kier molecular flexibility index (Phi) is 5.41. The van der Waals surface area contributed by atoms with E-state index in [-0.39, 0.29) is 11.3 Å². The molecule has 0 aliphatic carbocycles. The third kappa shape index (κ3) is 5.09. The first-order chi connectivity index (χ1) is 9.89. The molecule has 0 saturated carbocycles. The van der Waals surface area contributed by atoms with Crippen LogP contribution in [0.2, 0.25) is 0 Å². The monoisotopic (exact) mass is 310 g/mol. The van der Waals surface area contributed by atoms with E-state index in [1.54, 1.807) is 0 Å². The van der Waals surface area contributed by atoms with Gasteiger partial charge in [0.1, 0.15) is 0 Å². The summed E-state index contributed by atoms with van der Waals surface area (Å²) in [6.07, 6.45) is 2.98. The lowest BCUT2D eigenvalue weighted by Gasteiger charge is -2.35. The summed E-state index contributed by atoms with van der Waals surface area (Å²) in [6, 6.07) is 9.74. The number of sulfonamides is 1. The Morgan fingerprint density at radius 3 is 2.38 bits per heavy atom. The van der Waals surface area contributed by atoms with Gasteiger partial charge in [0.2, 0.25) is 10.0 Å².